The van der Waals surface area contributed by atoms with Gasteiger partial charge in [-0.2, -0.15) is 5.10 Å². The lowest BCUT2D eigenvalue weighted by molar-refractivity contribution is 0.379. The first-order valence-electron chi connectivity index (χ1n) is 6.49. The number of aromatic nitrogens is 2. The topological polar surface area (TPSA) is 46.9 Å². The summed E-state index contributed by atoms with van der Waals surface area (Å²) >= 11 is 0. The fourth-order valence-corrected chi connectivity index (χ4v) is 2.08. The van der Waals surface area contributed by atoms with Crippen molar-refractivity contribution in [2.75, 3.05) is 6.54 Å². The summed E-state index contributed by atoms with van der Waals surface area (Å²) < 4.78 is 1.60. The normalized spacial score (nSPS) is 17.1. The molecular weight excluding hydrogens is 214 g/mol. The molecule has 0 bridgehead atoms. The van der Waals surface area contributed by atoms with Crippen molar-refractivity contribution in [3.8, 4) is 0 Å². The molecule has 4 heteroatoms. The van der Waals surface area contributed by atoms with Crippen LogP contribution in [0.25, 0.3) is 0 Å². The highest BCUT2D eigenvalue weighted by atomic mass is 16.1. The lowest BCUT2D eigenvalue weighted by Gasteiger charge is -2.18. The number of hydrogen-bond donors (Lipinski definition) is 1. The second-order valence-corrected chi connectivity index (χ2v) is 4.89. The molecule has 17 heavy (non-hydrogen) atoms. The van der Waals surface area contributed by atoms with Crippen molar-refractivity contribution < 1.29 is 0 Å². The average molecular weight is 235 g/mol. The molecule has 4 nitrogen and oxygen atoms in total. The van der Waals surface area contributed by atoms with Crippen molar-refractivity contribution in [1.29, 1.82) is 0 Å². The van der Waals surface area contributed by atoms with Gasteiger partial charge in [0.2, 0.25) is 0 Å². The highest BCUT2D eigenvalue weighted by molar-refractivity contribution is 4.98. The highest BCUT2D eigenvalue weighted by Crippen LogP contribution is 2.33. The molecule has 2 rings (SSSR count). The van der Waals surface area contributed by atoms with Gasteiger partial charge in [0.1, 0.15) is 0 Å². The van der Waals surface area contributed by atoms with Crippen LogP contribution in [0.5, 0.6) is 0 Å². The van der Waals surface area contributed by atoms with Gasteiger partial charge < -0.3 is 5.32 Å². The summed E-state index contributed by atoms with van der Waals surface area (Å²) in [6, 6.07) is 3.78. The minimum atomic E-state index is -0.000418. The van der Waals surface area contributed by atoms with E-state index in [1.807, 2.05) is 6.92 Å². The molecule has 0 amide bonds. The van der Waals surface area contributed by atoms with Gasteiger partial charge in [0.05, 0.1) is 12.2 Å². The SMILES string of the molecule is CCCNC(Cn1nc(C)ccc1=O)C1CC1. The molecule has 0 aliphatic heterocycles. The molecule has 0 aromatic carbocycles. The third-order valence-electron chi connectivity index (χ3n) is 3.22. The molecule has 1 fully saturated rings. The van der Waals surface area contributed by atoms with Crippen LogP contribution in [0.4, 0.5) is 0 Å². The van der Waals surface area contributed by atoms with Gasteiger partial charge in [0, 0.05) is 12.1 Å². The molecule has 94 valence electrons. The molecule has 1 aromatic heterocycles. The van der Waals surface area contributed by atoms with E-state index in [1.54, 1.807) is 16.8 Å². The highest BCUT2D eigenvalue weighted by Gasteiger charge is 2.31. The lowest BCUT2D eigenvalue weighted by Crippen LogP contribution is -2.39. The fourth-order valence-electron chi connectivity index (χ4n) is 2.08. The van der Waals surface area contributed by atoms with Crippen molar-refractivity contribution in [2.24, 2.45) is 5.92 Å². The number of nitrogens with zero attached hydrogens (tertiary/aromatic N) is 2. The number of rotatable bonds is 6. The molecule has 0 radical (unpaired) electrons. The fraction of sp³-hybridized carbons (Fsp3) is 0.692. The van der Waals surface area contributed by atoms with E-state index in [0.717, 1.165) is 24.6 Å². The van der Waals surface area contributed by atoms with Gasteiger partial charge in [-0.1, -0.05) is 6.92 Å². The maximum Gasteiger partial charge on any atom is 0.266 e. The van der Waals surface area contributed by atoms with E-state index in [4.69, 9.17) is 0 Å². The molecule has 1 saturated carbocycles. The van der Waals surface area contributed by atoms with Crippen LogP contribution >= 0.6 is 0 Å². The minimum Gasteiger partial charge on any atom is -0.312 e. The van der Waals surface area contributed by atoms with Crippen LogP contribution in [-0.2, 0) is 6.54 Å². The zero-order chi connectivity index (χ0) is 12.3. The van der Waals surface area contributed by atoms with E-state index < -0.39 is 0 Å². The van der Waals surface area contributed by atoms with Crippen LogP contribution in [0.15, 0.2) is 16.9 Å². The molecule has 1 aliphatic carbocycles. The van der Waals surface area contributed by atoms with Crippen LogP contribution in [0.1, 0.15) is 31.9 Å². The zero-order valence-electron chi connectivity index (χ0n) is 10.6. The van der Waals surface area contributed by atoms with Crippen LogP contribution in [0.2, 0.25) is 0 Å². The summed E-state index contributed by atoms with van der Waals surface area (Å²) in [5.74, 6) is 0.732. The second kappa shape index (κ2) is 5.45. The van der Waals surface area contributed by atoms with Crippen LogP contribution < -0.4 is 10.9 Å². The smallest absolute Gasteiger partial charge is 0.266 e. The zero-order valence-corrected chi connectivity index (χ0v) is 10.6. The van der Waals surface area contributed by atoms with Crippen molar-refractivity contribution in [1.82, 2.24) is 15.1 Å². The maximum absolute atomic E-state index is 11.7. The monoisotopic (exact) mass is 235 g/mol. The quantitative estimate of drug-likeness (QED) is 0.809. The molecule has 1 unspecified atom stereocenters. The minimum absolute atomic E-state index is 0.000418. The first kappa shape index (κ1) is 12.3. The average Bonchev–Trinajstić information content (AvgIpc) is 3.13. The Balaban J connectivity index is 2.05. The van der Waals surface area contributed by atoms with E-state index in [0.29, 0.717) is 12.6 Å². The van der Waals surface area contributed by atoms with E-state index in [9.17, 15) is 4.79 Å². The Morgan fingerprint density at radius 3 is 2.94 bits per heavy atom. The Kier molecular flexibility index (Phi) is 3.94. The van der Waals surface area contributed by atoms with Crippen LogP contribution in [0, 0.1) is 12.8 Å². The first-order valence-corrected chi connectivity index (χ1v) is 6.49. The molecular formula is C13H21N3O. The Labute approximate surface area is 102 Å². The third-order valence-corrected chi connectivity index (χ3v) is 3.22. The number of nitrogens with one attached hydrogen (secondary N) is 1. The molecule has 1 heterocycles. The van der Waals surface area contributed by atoms with Crippen LogP contribution in [-0.4, -0.2) is 22.4 Å². The van der Waals surface area contributed by atoms with E-state index in [2.05, 4.69) is 17.3 Å². The van der Waals surface area contributed by atoms with E-state index in [1.165, 1.54) is 12.8 Å². The molecule has 0 saturated heterocycles. The lowest BCUT2D eigenvalue weighted by atomic mass is 10.2. The van der Waals surface area contributed by atoms with Gasteiger partial charge >= 0.3 is 0 Å². The van der Waals surface area contributed by atoms with Crippen molar-refractivity contribution in [2.45, 2.75) is 45.7 Å². The molecule has 1 atom stereocenters. The molecule has 1 N–H and O–H groups in total. The van der Waals surface area contributed by atoms with Gasteiger partial charge in [-0.25, -0.2) is 4.68 Å². The van der Waals surface area contributed by atoms with Gasteiger partial charge in [-0.15, -0.1) is 0 Å². The predicted octanol–water partition coefficient (Wildman–Crippen LogP) is 1.33. The summed E-state index contributed by atoms with van der Waals surface area (Å²) in [7, 11) is 0. The van der Waals surface area contributed by atoms with E-state index in [-0.39, 0.29) is 5.56 Å². The Morgan fingerprint density at radius 2 is 2.29 bits per heavy atom. The predicted molar refractivity (Wildman–Crippen MR) is 68.0 cm³/mol. The molecule has 0 spiro atoms. The van der Waals surface area contributed by atoms with Gasteiger partial charge in [0.15, 0.2) is 0 Å². The maximum atomic E-state index is 11.7. The summed E-state index contributed by atoms with van der Waals surface area (Å²) in [4.78, 5) is 11.7. The molecule has 1 aliphatic rings. The number of hydrogen-bond acceptors (Lipinski definition) is 3. The standard InChI is InChI=1S/C13H21N3O/c1-3-8-14-12(11-5-6-11)9-16-13(17)7-4-10(2)15-16/h4,7,11-12,14H,3,5-6,8-9H2,1-2H3. The van der Waals surface area contributed by atoms with Crippen molar-refractivity contribution >= 4 is 0 Å². The summed E-state index contributed by atoms with van der Waals surface area (Å²) in [6.07, 6.45) is 3.68. The largest absolute Gasteiger partial charge is 0.312 e. The summed E-state index contributed by atoms with van der Waals surface area (Å²) in [6.45, 7) is 5.79. The Morgan fingerprint density at radius 1 is 1.53 bits per heavy atom. The Hall–Kier alpha value is -1.16. The molecule has 1 aromatic rings. The van der Waals surface area contributed by atoms with Crippen LogP contribution in [0.3, 0.4) is 0 Å². The van der Waals surface area contributed by atoms with Gasteiger partial charge in [-0.3, -0.25) is 4.79 Å². The van der Waals surface area contributed by atoms with E-state index >= 15 is 0 Å². The Bertz CT molecular complexity index is 423. The van der Waals surface area contributed by atoms with Crippen molar-refractivity contribution in [3.63, 3.8) is 0 Å². The number of aryl methyl sites for hydroxylation is 1. The summed E-state index contributed by atoms with van der Waals surface area (Å²) in [5, 5.41) is 7.82. The first-order chi connectivity index (χ1) is 8.20. The third kappa shape index (κ3) is 3.40. The second-order valence-electron chi connectivity index (χ2n) is 4.89. The van der Waals surface area contributed by atoms with Crippen molar-refractivity contribution in [3.05, 3.63) is 28.2 Å². The summed E-state index contributed by atoms with van der Waals surface area (Å²) in [5.41, 5.74) is 0.897. The van der Waals surface area contributed by atoms with Gasteiger partial charge in [0.25, 0.3) is 5.56 Å². The van der Waals surface area contributed by atoms with Gasteiger partial charge in [-0.05, 0) is 44.7 Å².